The van der Waals surface area contributed by atoms with Crippen molar-refractivity contribution in [3.63, 3.8) is 0 Å². The fraction of sp³-hybridized carbons (Fsp3) is 0.100. The molecule has 0 N–H and O–H groups in total. The van der Waals surface area contributed by atoms with Gasteiger partial charge < -0.3 is 4.74 Å². The number of rotatable bonds is 5. The third kappa shape index (κ3) is 3.30. The van der Waals surface area contributed by atoms with Crippen molar-refractivity contribution < 1.29 is 9.53 Å². The highest BCUT2D eigenvalue weighted by Crippen LogP contribution is 2.35. The third-order valence-electron chi connectivity index (χ3n) is 3.91. The standard InChI is InChI=1S/C20H15N3O2S/c1-25-15-5-6-16(14(8-15)12-24)20-17(10-21)19(26-2)9-18(23-20)13-4-3-7-22-11-13/h3-9,11-12H,1-2H3. The van der Waals surface area contributed by atoms with Crippen LogP contribution in [0.25, 0.3) is 22.5 Å². The Morgan fingerprint density at radius 1 is 1.27 bits per heavy atom. The van der Waals surface area contributed by atoms with Gasteiger partial charge in [0, 0.05) is 34.0 Å². The summed E-state index contributed by atoms with van der Waals surface area (Å²) in [5.74, 6) is 0.572. The molecular formula is C20H15N3O2S. The van der Waals surface area contributed by atoms with E-state index in [1.807, 2.05) is 24.5 Å². The number of benzene rings is 1. The minimum absolute atomic E-state index is 0.420. The predicted molar refractivity (Wildman–Crippen MR) is 101 cm³/mol. The van der Waals surface area contributed by atoms with Crippen molar-refractivity contribution in [3.8, 4) is 34.3 Å². The summed E-state index contributed by atoms with van der Waals surface area (Å²) in [6.45, 7) is 0. The highest BCUT2D eigenvalue weighted by atomic mass is 32.2. The minimum atomic E-state index is 0.420. The monoisotopic (exact) mass is 361 g/mol. The number of nitriles is 1. The minimum Gasteiger partial charge on any atom is -0.497 e. The van der Waals surface area contributed by atoms with E-state index in [0.29, 0.717) is 33.8 Å². The van der Waals surface area contributed by atoms with Crippen LogP contribution in [0.5, 0.6) is 5.75 Å². The normalized spacial score (nSPS) is 10.2. The van der Waals surface area contributed by atoms with E-state index in [4.69, 9.17) is 4.74 Å². The van der Waals surface area contributed by atoms with E-state index in [1.54, 1.807) is 30.6 Å². The number of carbonyl (C=O) groups is 1. The number of ether oxygens (including phenoxy) is 1. The number of hydrogen-bond donors (Lipinski definition) is 0. The number of carbonyl (C=O) groups excluding carboxylic acids is 1. The van der Waals surface area contributed by atoms with Gasteiger partial charge in [0.1, 0.15) is 11.8 Å². The summed E-state index contributed by atoms with van der Waals surface area (Å²) in [5.41, 5.74) is 3.47. The van der Waals surface area contributed by atoms with Crippen LogP contribution in [-0.4, -0.2) is 29.6 Å². The summed E-state index contributed by atoms with van der Waals surface area (Å²) in [4.78, 5) is 21.2. The van der Waals surface area contributed by atoms with Crippen LogP contribution >= 0.6 is 11.8 Å². The molecule has 5 nitrogen and oxygen atoms in total. The summed E-state index contributed by atoms with van der Waals surface area (Å²) in [5, 5.41) is 9.69. The van der Waals surface area contributed by atoms with Gasteiger partial charge in [0.2, 0.25) is 0 Å². The number of hydrogen-bond acceptors (Lipinski definition) is 6. The molecule has 2 heterocycles. The molecule has 0 atom stereocenters. The lowest BCUT2D eigenvalue weighted by Gasteiger charge is -2.13. The first-order valence-corrected chi connectivity index (χ1v) is 8.97. The van der Waals surface area contributed by atoms with Crippen LogP contribution in [0.1, 0.15) is 15.9 Å². The summed E-state index contributed by atoms with van der Waals surface area (Å²) in [7, 11) is 1.54. The average molecular weight is 361 g/mol. The molecule has 0 spiro atoms. The Morgan fingerprint density at radius 3 is 2.73 bits per heavy atom. The maximum atomic E-state index is 11.6. The Kier molecular flexibility index (Phi) is 5.30. The molecule has 0 fully saturated rings. The van der Waals surface area contributed by atoms with E-state index in [9.17, 15) is 10.1 Å². The second-order valence-electron chi connectivity index (χ2n) is 5.36. The van der Waals surface area contributed by atoms with Crippen molar-refractivity contribution in [2.75, 3.05) is 13.4 Å². The van der Waals surface area contributed by atoms with Crippen molar-refractivity contribution in [2.45, 2.75) is 4.90 Å². The van der Waals surface area contributed by atoms with Crippen molar-refractivity contribution in [1.82, 2.24) is 9.97 Å². The Labute approximate surface area is 155 Å². The van der Waals surface area contributed by atoms with Gasteiger partial charge in [0.15, 0.2) is 6.29 Å². The molecule has 0 aliphatic carbocycles. The van der Waals surface area contributed by atoms with Crippen LogP contribution in [0.3, 0.4) is 0 Å². The van der Waals surface area contributed by atoms with E-state index in [-0.39, 0.29) is 0 Å². The zero-order valence-corrected chi connectivity index (χ0v) is 15.1. The lowest BCUT2D eigenvalue weighted by atomic mass is 9.99. The zero-order valence-electron chi connectivity index (χ0n) is 14.3. The van der Waals surface area contributed by atoms with Crippen LogP contribution in [0.15, 0.2) is 53.7 Å². The first-order chi connectivity index (χ1) is 12.7. The summed E-state index contributed by atoms with van der Waals surface area (Å²) >= 11 is 1.46. The van der Waals surface area contributed by atoms with Crippen LogP contribution in [0, 0.1) is 11.3 Å². The molecule has 0 saturated carbocycles. The quantitative estimate of drug-likeness (QED) is 0.500. The molecule has 3 rings (SSSR count). The van der Waals surface area contributed by atoms with Crippen molar-refractivity contribution in [3.05, 3.63) is 59.9 Å². The maximum absolute atomic E-state index is 11.6. The smallest absolute Gasteiger partial charge is 0.150 e. The van der Waals surface area contributed by atoms with Gasteiger partial charge in [-0.25, -0.2) is 4.98 Å². The van der Waals surface area contributed by atoms with Gasteiger partial charge in [0.25, 0.3) is 0 Å². The third-order valence-corrected chi connectivity index (χ3v) is 4.67. The van der Waals surface area contributed by atoms with Gasteiger partial charge in [-0.1, -0.05) is 0 Å². The Hall–Kier alpha value is -3.17. The number of aromatic nitrogens is 2. The molecule has 0 aliphatic heterocycles. The molecule has 0 aliphatic rings. The predicted octanol–water partition coefficient (Wildman–Crippen LogP) is 4.23. The van der Waals surface area contributed by atoms with Crippen molar-refractivity contribution in [1.29, 1.82) is 5.26 Å². The number of thioether (sulfide) groups is 1. The number of aldehydes is 1. The van der Waals surface area contributed by atoms with Gasteiger partial charge >= 0.3 is 0 Å². The molecule has 6 heteroatoms. The summed E-state index contributed by atoms with van der Waals surface area (Å²) in [6.07, 6.45) is 6.06. The summed E-state index contributed by atoms with van der Waals surface area (Å²) < 4.78 is 5.19. The molecule has 128 valence electrons. The van der Waals surface area contributed by atoms with Crippen LogP contribution < -0.4 is 4.74 Å². The molecule has 26 heavy (non-hydrogen) atoms. The van der Waals surface area contributed by atoms with Crippen molar-refractivity contribution in [2.24, 2.45) is 0 Å². The molecule has 0 unspecified atom stereocenters. The molecule has 0 radical (unpaired) electrons. The SMILES string of the molecule is COc1ccc(-c2nc(-c3cccnc3)cc(SC)c2C#N)c(C=O)c1. The molecule has 2 aromatic heterocycles. The molecule has 0 amide bonds. The van der Waals surface area contributed by atoms with Crippen LogP contribution in [0.2, 0.25) is 0 Å². The zero-order chi connectivity index (χ0) is 18.5. The Bertz CT molecular complexity index is 998. The van der Waals surface area contributed by atoms with E-state index < -0.39 is 0 Å². The molecular weight excluding hydrogens is 346 g/mol. The fourth-order valence-electron chi connectivity index (χ4n) is 2.63. The topological polar surface area (TPSA) is 75.9 Å². The molecule has 3 aromatic rings. The fourth-order valence-corrected chi connectivity index (χ4v) is 3.20. The van der Waals surface area contributed by atoms with E-state index in [2.05, 4.69) is 16.0 Å². The van der Waals surface area contributed by atoms with Gasteiger partial charge in [0.05, 0.1) is 24.1 Å². The molecule has 0 saturated heterocycles. The summed E-state index contributed by atoms with van der Waals surface area (Å²) in [6, 6.07) is 13.0. The highest BCUT2D eigenvalue weighted by Gasteiger charge is 2.18. The first-order valence-electron chi connectivity index (χ1n) is 7.75. The molecule has 1 aromatic carbocycles. The van der Waals surface area contributed by atoms with Crippen LogP contribution in [-0.2, 0) is 0 Å². The Morgan fingerprint density at radius 2 is 2.12 bits per heavy atom. The molecule has 0 bridgehead atoms. The van der Waals surface area contributed by atoms with E-state index in [0.717, 1.165) is 16.7 Å². The Balaban J connectivity index is 2.30. The number of pyridine rings is 2. The average Bonchev–Trinajstić information content (AvgIpc) is 2.72. The van der Waals surface area contributed by atoms with Gasteiger partial charge in [-0.05, 0) is 42.7 Å². The number of nitrogens with zero attached hydrogens (tertiary/aromatic N) is 3. The number of methoxy groups -OCH3 is 1. The lowest BCUT2D eigenvalue weighted by Crippen LogP contribution is -1.99. The highest BCUT2D eigenvalue weighted by molar-refractivity contribution is 7.98. The first kappa shape index (κ1) is 17.6. The second-order valence-corrected chi connectivity index (χ2v) is 6.21. The van der Waals surface area contributed by atoms with Crippen LogP contribution in [0.4, 0.5) is 0 Å². The van der Waals surface area contributed by atoms with Crippen molar-refractivity contribution >= 4 is 18.0 Å². The van der Waals surface area contributed by atoms with E-state index in [1.165, 1.54) is 18.9 Å². The maximum Gasteiger partial charge on any atom is 0.150 e. The lowest BCUT2D eigenvalue weighted by molar-refractivity contribution is 0.112. The van der Waals surface area contributed by atoms with E-state index >= 15 is 0 Å². The largest absolute Gasteiger partial charge is 0.497 e. The van der Waals surface area contributed by atoms with Gasteiger partial charge in [-0.3, -0.25) is 9.78 Å². The van der Waals surface area contributed by atoms with Gasteiger partial charge in [-0.15, -0.1) is 11.8 Å². The van der Waals surface area contributed by atoms with Gasteiger partial charge in [-0.2, -0.15) is 5.26 Å². The second kappa shape index (κ2) is 7.81.